The molecular weight excluding hydrogens is 144 g/mol. The second-order valence-electron chi connectivity index (χ2n) is 6.11. The van der Waals surface area contributed by atoms with Crippen LogP contribution >= 0.6 is 0 Å². The van der Waals surface area contributed by atoms with E-state index in [9.17, 15) is 0 Å². The topological polar surface area (TPSA) is 0 Å². The van der Waals surface area contributed by atoms with E-state index in [1.165, 1.54) is 38.5 Å². The van der Waals surface area contributed by atoms with Crippen LogP contribution in [0.25, 0.3) is 0 Å². The highest BCUT2D eigenvalue weighted by Crippen LogP contribution is 2.44. The van der Waals surface area contributed by atoms with E-state index >= 15 is 0 Å². The molecule has 0 heteroatoms. The molecule has 0 amide bonds. The highest BCUT2D eigenvalue weighted by Gasteiger charge is 2.30. The van der Waals surface area contributed by atoms with Gasteiger partial charge in [-0.2, -0.15) is 0 Å². The van der Waals surface area contributed by atoms with Crippen molar-refractivity contribution in [2.45, 2.75) is 66.2 Å². The van der Waals surface area contributed by atoms with Crippen LogP contribution in [0.1, 0.15) is 66.2 Å². The second-order valence-corrected chi connectivity index (χ2v) is 6.11. The summed E-state index contributed by atoms with van der Waals surface area (Å²) in [5.41, 5.74) is 1.18. The van der Waals surface area contributed by atoms with Gasteiger partial charge in [0, 0.05) is 0 Å². The zero-order valence-corrected chi connectivity index (χ0v) is 9.24. The molecule has 0 atom stereocenters. The van der Waals surface area contributed by atoms with E-state index in [0.29, 0.717) is 10.8 Å². The van der Waals surface area contributed by atoms with Gasteiger partial charge < -0.3 is 0 Å². The molecule has 0 heterocycles. The summed E-state index contributed by atoms with van der Waals surface area (Å²) in [6.07, 6.45) is 8.73. The predicted molar refractivity (Wildman–Crippen MR) is 55.3 cm³/mol. The minimum absolute atomic E-state index is 0.520. The summed E-state index contributed by atoms with van der Waals surface area (Å²) in [6.45, 7) is 9.59. The molecule has 1 aliphatic carbocycles. The normalized spacial score (nSPS) is 24.0. The Bertz CT molecular complexity index is 133. The van der Waals surface area contributed by atoms with Crippen molar-refractivity contribution < 1.29 is 0 Å². The fraction of sp³-hybridized carbons (Fsp3) is 1.00. The molecule has 1 aliphatic rings. The minimum atomic E-state index is 0.520. The first kappa shape index (κ1) is 10.1. The van der Waals surface area contributed by atoms with Gasteiger partial charge in [0.25, 0.3) is 0 Å². The number of hydrogen-bond acceptors (Lipinski definition) is 0. The van der Waals surface area contributed by atoms with E-state index < -0.39 is 0 Å². The Labute approximate surface area is 77.7 Å². The lowest BCUT2D eigenvalue weighted by Gasteiger charge is -2.38. The van der Waals surface area contributed by atoms with E-state index in [-0.39, 0.29) is 0 Å². The number of rotatable bonds is 1. The van der Waals surface area contributed by atoms with E-state index in [0.717, 1.165) is 0 Å². The molecule has 0 aliphatic heterocycles. The van der Waals surface area contributed by atoms with Crippen LogP contribution in [-0.2, 0) is 0 Å². The van der Waals surface area contributed by atoms with Crippen LogP contribution in [0.5, 0.6) is 0 Å². The minimum Gasteiger partial charge on any atom is -0.0602 e. The Morgan fingerprint density at radius 1 is 1.00 bits per heavy atom. The van der Waals surface area contributed by atoms with Gasteiger partial charge >= 0.3 is 0 Å². The lowest BCUT2D eigenvalue weighted by molar-refractivity contribution is 0.134. The van der Waals surface area contributed by atoms with Crippen LogP contribution in [0, 0.1) is 10.8 Å². The maximum Gasteiger partial charge on any atom is -0.0321 e. The van der Waals surface area contributed by atoms with E-state index in [1.54, 1.807) is 0 Å². The van der Waals surface area contributed by atoms with Crippen molar-refractivity contribution in [3.8, 4) is 0 Å². The van der Waals surface area contributed by atoms with Gasteiger partial charge in [0.2, 0.25) is 0 Å². The van der Waals surface area contributed by atoms with Gasteiger partial charge in [-0.1, -0.05) is 47.0 Å². The Balaban J connectivity index is 2.47. The van der Waals surface area contributed by atoms with Crippen molar-refractivity contribution in [3.63, 3.8) is 0 Å². The predicted octanol–water partition coefficient (Wildman–Crippen LogP) is 4.39. The first-order valence-corrected chi connectivity index (χ1v) is 5.41. The molecule has 0 bridgehead atoms. The average molecular weight is 168 g/mol. The molecule has 0 spiro atoms. The molecule has 1 saturated carbocycles. The van der Waals surface area contributed by atoms with Crippen LogP contribution in [0.15, 0.2) is 0 Å². The van der Waals surface area contributed by atoms with Crippen LogP contribution < -0.4 is 0 Å². The Kier molecular flexibility index (Phi) is 2.85. The van der Waals surface area contributed by atoms with Gasteiger partial charge in [-0.3, -0.25) is 0 Å². The molecule has 1 rings (SSSR count). The van der Waals surface area contributed by atoms with E-state index in [4.69, 9.17) is 0 Å². The molecule has 72 valence electrons. The maximum absolute atomic E-state index is 2.48. The molecule has 0 nitrogen and oxygen atoms in total. The molecule has 0 radical (unpaired) electrons. The van der Waals surface area contributed by atoms with Crippen molar-refractivity contribution in [1.29, 1.82) is 0 Å². The summed E-state index contributed by atoms with van der Waals surface area (Å²) >= 11 is 0. The zero-order valence-electron chi connectivity index (χ0n) is 9.24. The lowest BCUT2D eigenvalue weighted by Crippen LogP contribution is -2.26. The van der Waals surface area contributed by atoms with Crippen molar-refractivity contribution >= 4 is 0 Å². The van der Waals surface area contributed by atoms with Gasteiger partial charge in [0.05, 0.1) is 0 Å². The van der Waals surface area contributed by atoms with Gasteiger partial charge in [-0.15, -0.1) is 0 Å². The third-order valence-electron chi connectivity index (χ3n) is 3.02. The van der Waals surface area contributed by atoms with Crippen LogP contribution in [0.4, 0.5) is 0 Å². The van der Waals surface area contributed by atoms with Crippen LogP contribution in [0.3, 0.4) is 0 Å². The van der Waals surface area contributed by atoms with Crippen LogP contribution in [-0.4, -0.2) is 0 Å². The quantitative estimate of drug-likeness (QED) is 0.544. The Hall–Kier alpha value is 0. The Morgan fingerprint density at radius 2 is 1.50 bits per heavy atom. The molecule has 0 aromatic carbocycles. The fourth-order valence-electron chi connectivity index (χ4n) is 2.86. The smallest absolute Gasteiger partial charge is 0.0321 e. The molecule has 0 unspecified atom stereocenters. The summed E-state index contributed by atoms with van der Waals surface area (Å²) in [5, 5.41) is 0. The summed E-state index contributed by atoms with van der Waals surface area (Å²) in [4.78, 5) is 0. The average Bonchev–Trinajstić information content (AvgIpc) is 1.83. The molecule has 1 fully saturated rings. The summed E-state index contributed by atoms with van der Waals surface area (Å²) in [6, 6.07) is 0. The third-order valence-corrected chi connectivity index (χ3v) is 3.02. The molecule has 0 N–H and O–H groups in total. The lowest BCUT2D eigenvalue weighted by atomic mass is 9.67. The molecular formula is C12H24. The van der Waals surface area contributed by atoms with Crippen molar-refractivity contribution in [2.24, 2.45) is 10.8 Å². The first-order chi connectivity index (χ1) is 5.41. The monoisotopic (exact) mass is 168 g/mol. The second kappa shape index (κ2) is 3.40. The molecule has 0 aromatic heterocycles. The summed E-state index contributed by atoms with van der Waals surface area (Å²) in [7, 11) is 0. The highest BCUT2D eigenvalue weighted by atomic mass is 14.4. The third kappa shape index (κ3) is 3.16. The maximum atomic E-state index is 2.48. The first-order valence-electron chi connectivity index (χ1n) is 5.41. The SMILES string of the molecule is CC(C)(C)CC1(C)CCCCC1. The van der Waals surface area contributed by atoms with Gasteiger partial charge in [-0.25, -0.2) is 0 Å². The fourth-order valence-corrected chi connectivity index (χ4v) is 2.86. The molecule has 0 saturated heterocycles. The molecule has 12 heavy (non-hydrogen) atoms. The standard InChI is InChI=1S/C12H24/c1-11(2,3)10-12(4)8-6-5-7-9-12/h5-10H2,1-4H3. The van der Waals surface area contributed by atoms with Gasteiger partial charge in [0.15, 0.2) is 0 Å². The largest absolute Gasteiger partial charge is 0.0602 e. The van der Waals surface area contributed by atoms with Crippen LogP contribution in [0.2, 0.25) is 0 Å². The van der Waals surface area contributed by atoms with E-state index in [2.05, 4.69) is 27.7 Å². The van der Waals surface area contributed by atoms with Crippen molar-refractivity contribution in [3.05, 3.63) is 0 Å². The Morgan fingerprint density at radius 3 is 1.92 bits per heavy atom. The van der Waals surface area contributed by atoms with Crippen molar-refractivity contribution in [1.82, 2.24) is 0 Å². The highest BCUT2D eigenvalue weighted by molar-refractivity contribution is 4.82. The number of hydrogen-bond donors (Lipinski definition) is 0. The zero-order chi connectivity index (χ0) is 9.24. The van der Waals surface area contributed by atoms with Gasteiger partial charge in [-0.05, 0) is 30.1 Å². The van der Waals surface area contributed by atoms with Gasteiger partial charge in [0.1, 0.15) is 0 Å². The summed E-state index contributed by atoms with van der Waals surface area (Å²) in [5.74, 6) is 0. The van der Waals surface area contributed by atoms with Crippen molar-refractivity contribution in [2.75, 3.05) is 0 Å². The van der Waals surface area contributed by atoms with E-state index in [1.807, 2.05) is 0 Å². The molecule has 0 aromatic rings. The summed E-state index contributed by atoms with van der Waals surface area (Å²) < 4.78 is 0.